The maximum Gasteiger partial charge on any atom is 0.123 e. The highest BCUT2D eigenvalue weighted by Gasteiger charge is 2.27. The van der Waals surface area contributed by atoms with Gasteiger partial charge in [0.15, 0.2) is 0 Å². The van der Waals surface area contributed by atoms with Crippen LogP contribution in [0.15, 0.2) is 48.5 Å². The molecule has 1 aliphatic carbocycles. The minimum absolute atomic E-state index is 0.0783. The molecule has 2 heterocycles. The number of nitrogen functional groups attached to an aromatic ring is 1. The predicted octanol–water partition coefficient (Wildman–Crippen LogP) is 4.15. The fourth-order valence-electron chi connectivity index (χ4n) is 4.40. The fraction of sp³-hybridized carbons (Fsp3) is 0.409. The number of fused-ring (bicyclic) bond motifs is 1. The number of nitrogens with one attached hydrogen (secondary N) is 1. The molecule has 3 atom stereocenters. The van der Waals surface area contributed by atoms with Gasteiger partial charge in [-0.15, -0.1) is 0 Å². The van der Waals surface area contributed by atoms with Gasteiger partial charge in [-0.1, -0.05) is 19.1 Å². The Kier molecular flexibility index (Phi) is 4.87. The largest absolute Gasteiger partial charge is 0.384 e. The summed E-state index contributed by atoms with van der Waals surface area (Å²) in [6, 6.07) is 6.63. The molecule has 0 saturated carbocycles. The monoisotopic (exact) mass is 366 g/mol. The van der Waals surface area contributed by atoms with E-state index < -0.39 is 0 Å². The van der Waals surface area contributed by atoms with Crippen LogP contribution in [0.3, 0.4) is 0 Å². The van der Waals surface area contributed by atoms with Crippen molar-refractivity contribution < 1.29 is 4.39 Å². The molecule has 1 saturated heterocycles. The number of aromatic nitrogens is 1. The molecule has 1 aromatic carbocycles. The van der Waals surface area contributed by atoms with Crippen molar-refractivity contribution in [3.05, 3.63) is 54.0 Å². The van der Waals surface area contributed by atoms with Crippen LogP contribution in [0.4, 0.5) is 15.9 Å². The molecule has 2 aromatic rings. The van der Waals surface area contributed by atoms with Crippen molar-refractivity contribution in [2.24, 2.45) is 5.92 Å². The zero-order valence-corrected chi connectivity index (χ0v) is 16.0. The maximum absolute atomic E-state index is 14.7. The van der Waals surface area contributed by atoms with E-state index in [0.29, 0.717) is 11.9 Å². The van der Waals surface area contributed by atoms with Crippen molar-refractivity contribution in [1.29, 1.82) is 0 Å². The number of likely N-dealkylation sites (N-methyl/N-ethyl adjacent to an activating group) is 1. The number of hydrogen-bond donors (Lipinski definition) is 2. The lowest BCUT2D eigenvalue weighted by atomic mass is 9.82. The second-order valence-corrected chi connectivity index (χ2v) is 7.72. The van der Waals surface area contributed by atoms with Crippen molar-refractivity contribution >= 4 is 22.3 Å². The molecule has 3 N–H and O–H groups in total. The molecule has 1 aliphatic heterocycles. The number of anilines is 2. The van der Waals surface area contributed by atoms with Gasteiger partial charge in [0.2, 0.25) is 0 Å². The minimum atomic E-state index is -0.249. The Hall–Kier alpha value is -2.40. The third kappa shape index (κ3) is 3.44. The fourth-order valence-corrected chi connectivity index (χ4v) is 4.40. The summed E-state index contributed by atoms with van der Waals surface area (Å²) in [6.07, 6.45) is 9.57. The number of rotatable bonds is 3. The summed E-state index contributed by atoms with van der Waals surface area (Å²) in [5.41, 5.74) is 8.11. The van der Waals surface area contributed by atoms with Crippen LogP contribution < -0.4 is 16.0 Å². The van der Waals surface area contributed by atoms with Crippen LogP contribution in [0.2, 0.25) is 0 Å². The average molecular weight is 366 g/mol. The Morgan fingerprint density at radius 3 is 2.93 bits per heavy atom. The highest BCUT2D eigenvalue weighted by molar-refractivity contribution is 5.96. The lowest BCUT2D eigenvalue weighted by Crippen LogP contribution is -2.44. The van der Waals surface area contributed by atoms with E-state index in [0.717, 1.165) is 41.5 Å². The minimum Gasteiger partial charge on any atom is -0.384 e. The van der Waals surface area contributed by atoms with Crippen LogP contribution in [0.1, 0.15) is 31.2 Å². The molecule has 0 amide bonds. The van der Waals surface area contributed by atoms with Gasteiger partial charge in [0.25, 0.3) is 0 Å². The van der Waals surface area contributed by atoms with E-state index >= 15 is 0 Å². The van der Waals surface area contributed by atoms with E-state index in [2.05, 4.69) is 40.3 Å². The van der Waals surface area contributed by atoms with Gasteiger partial charge in [0.1, 0.15) is 11.6 Å². The van der Waals surface area contributed by atoms with Gasteiger partial charge in [0, 0.05) is 47.7 Å². The zero-order chi connectivity index (χ0) is 19.0. The van der Waals surface area contributed by atoms with Crippen LogP contribution in [0.5, 0.6) is 0 Å². The van der Waals surface area contributed by atoms with Crippen molar-refractivity contribution in [3.63, 3.8) is 0 Å². The highest BCUT2D eigenvalue weighted by Crippen LogP contribution is 2.40. The summed E-state index contributed by atoms with van der Waals surface area (Å²) in [6.45, 7) is 4.00. The first-order chi connectivity index (χ1) is 13.1. The van der Waals surface area contributed by atoms with Gasteiger partial charge >= 0.3 is 0 Å². The third-order valence-corrected chi connectivity index (χ3v) is 5.88. The summed E-state index contributed by atoms with van der Waals surface area (Å²) < 4.78 is 14.7. The molecule has 142 valence electrons. The molecule has 2 aliphatic rings. The standard InChI is InChI=1S/C22H27FN4/c1-14-5-3-7-19(23)22(14)15-9-16-12-26-21(24)11-18(16)20(10-15)27-8-4-6-17(13-27)25-2/h3,5,7,9-12,14,17,22,25H,4,6,8,13H2,1-2H3,(H2,24,26)/t14?,17-,22?/m0/s1. The smallest absolute Gasteiger partial charge is 0.123 e. The number of benzene rings is 1. The van der Waals surface area contributed by atoms with Crippen LogP contribution >= 0.6 is 0 Å². The Bertz CT molecular complexity index is 905. The Labute approximate surface area is 160 Å². The topological polar surface area (TPSA) is 54.2 Å². The molecule has 0 radical (unpaired) electrons. The van der Waals surface area contributed by atoms with E-state index in [-0.39, 0.29) is 17.7 Å². The van der Waals surface area contributed by atoms with Gasteiger partial charge in [-0.3, -0.25) is 0 Å². The number of hydrogen-bond acceptors (Lipinski definition) is 4. The van der Waals surface area contributed by atoms with Gasteiger partial charge in [-0.2, -0.15) is 0 Å². The van der Waals surface area contributed by atoms with Gasteiger partial charge in [-0.25, -0.2) is 9.37 Å². The van der Waals surface area contributed by atoms with Crippen molar-refractivity contribution in [2.75, 3.05) is 30.8 Å². The molecular formula is C22H27FN4. The van der Waals surface area contributed by atoms with Gasteiger partial charge < -0.3 is 16.0 Å². The number of allylic oxidation sites excluding steroid dienone is 4. The molecule has 4 nitrogen and oxygen atoms in total. The maximum atomic E-state index is 14.7. The molecule has 4 rings (SSSR count). The number of nitrogens with zero attached hydrogens (tertiary/aromatic N) is 2. The van der Waals surface area contributed by atoms with Crippen LogP contribution in [-0.2, 0) is 0 Å². The Morgan fingerprint density at radius 2 is 2.15 bits per heavy atom. The first-order valence-electron chi connectivity index (χ1n) is 9.72. The molecule has 5 heteroatoms. The number of halogens is 1. The quantitative estimate of drug-likeness (QED) is 0.857. The van der Waals surface area contributed by atoms with Crippen molar-refractivity contribution in [3.8, 4) is 0 Å². The first kappa shape index (κ1) is 18.0. The first-order valence-corrected chi connectivity index (χ1v) is 9.72. The lowest BCUT2D eigenvalue weighted by Gasteiger charge is -2.36. The number of nitrogens with two attached hydrogens (primary N) is 1. The normalized spacial score (nSPS) is 25.7. The summed E-state index contributed by atoms with van der Waals surface area (Å²) in [7, 11) is 2.01. The van der Waals surface area contributed by atoms with Gasteiger partial charge in [-0.05, 0) is 55.6 Å². The van der Waals surface area contributed by atoms with Crippen molar-refractivity contribution in [2.45, 2.75) is 31.7 Å². The Morgan fingerprint density at radius 1 is 1.30 bits per heavy atom. The number of piperidine rings is 1. The average Bonchev–Trinajstić information content (AvgIpc) is 2.67. The predicted molar refractivity (Wildman–Crippen MR) is 111 cm³/mol. The van der Waals surface area contributed by atoms with E-state index in [1.54, 1.807) is 6.08 Å². The Balaban J connectivity index is 1.84. The van der Waals surface area contributed by atoms with Crippen LogP contribution in [0.25, 0.3) is 10.8 Å². The number of pyridine rings is 1. The zero-order valence-electron chi connectivity index (χ0n) is 16.0. The van der Waals surface area contributed by atoms with E-state index in [4.69, 9.17) is 5.73 Å². The summed E-state index contributed by atoms with van der Waals surface area (Å²) in [5, 5.41) is 5.50. The summed E-state index contributed by atoms with van der Waals surface area (Å²) in [5.74, 6) is 0.304. The third-order valence-electron chi connectivity index (χ3n) is 5.88. The van der Waals surface area contributed by atoms with E-state index in [1.807, 2.05) is 25.4 Å². The van der Waals surface area contributed by atoms with Crippen LogP contribution in [-0.4, -0.2) is 31.2 Å². The summed E-state index contributed by atoms with van der Waals surface area (Å²) in [4.78, 5) is 6.68. The second-order valence-electron chi connectivity index (χ2n) is 7.72. The molecule has 27 heavy (non-hydrogen) atoms. The molecule has 0 bridgehead atoms. The van der Waals surface area contributed by atoms with E-state index in [9.17, 15) is 4.39 Å². The molecule has 1 aromatic heterocycles. The lowest BCUT2D eigenvalue weighted by molar-refractivity contribution is 0.449. The van der Waals surface area contributed by atoms with Crippen LogP contribution in [0, 0.1) is 5.92 Å². The molecule has 1 fully saturated rings. The second kappa shape index (κ2) is 7.31. The molecular weight excluding hydrogens is 339 g/mol. The summed E-state index contributed by atoms with van der Waals surface area (Å²) >= 11 is 0. The molecule has 0 spiro atoms. The SMILES string of the molecule is CN[C@H]1CCCN(c2cc(C3C(F)=CC=CC3C)cc3cnc(N)cc23)C1. The van der Waals surface area contributed by atoms with Gasteiger partial charge in [0.05, 0.1) is 0 Å². The molecule has 2 unspecified atom stereocenters. The van der Waals surface area contributed by atoms with Crippen molar-refractivity contribution in [1.82, 2.24) is 10.3 Å². The van der Waals surface area contributed by atoms with E-state index in [1.165, 1.54) is 6.42 Å². The highest BCUT2D eigenvalue weighted by atomic mass is 19.1.